The van der Waals surface area contributed by atoms with Gasteiger partial charge in [0.05, 0.1) is 12.4 Å². The van der Waals surface area contributed by atoms with E-state index in [2.05, 4.69) is 30.7 Å². The lowest BCUT2D eigenvalue weighted by molar-refractivity contribution is 0.798. The van der Waals surface area contributed by atoms with Gasteiger partial charge in [-0.1, -0.05) is 32.5 Å². The standard InChI is InChI=1S/C8H13N3S/c1-8(2,3)12-7-5-10-6(9)4-11-7/h4-5H,1-3H3,(H2,9,10). The van der Waals surface area contributed by atoms with E-state index in [0.29, 0.717) is 5.82 Å². The molecule has 0 bridgehead atoms. The van der Waals surface area contributed by atoms with Crippen molar-refractivity contribution in [3.63, 3.8) is 0 Å². The van der Waals surface area contributed by atoms with E-state index >= 15 is 0 Å². The van der Waals surface area contributed by atoms with Gasteiger partial charge in [-0.2, -0.15) is 0 Å². The number of hydrogen-bond acceptors (Lipinski definition) is 4. The van der Waals surface area contributed by atoms with Crippen LogP contribution in [0.4, 0.5) is 5.82 Å². The van der Waals surface area contributed by atoms with Crippen LogP contribution in [0.15, 0.2) is 17.4 Å². The van der Waals surface area contributed by atoms with E-state index in [1.54, 1.807) is 24.2 Å². The first-order valence-corrected chi connectivity index (χ1v) is 4.55. The largest absolute Gasteiger partial charge is 0.382 e. The summed E-state index contributed by atoms with van der Waals surface area (Å²) in [5, 5.41) is 0.914. The Balaban J connectivity index is 2.71. The minimum Gasteiger partial charge on any atom is -0.382 e. The SMILES string of the molecule is CC(C)(C)Sc1cnc(N)cn1. The maximum absolute atomic E-state index is 5.41. The molecule has 0 aliphatic heterocycles. The molecule has 0 amide bonds. The van der Waals surface area contributed by atoms with Crippen LogP contribution in [0.3, 0.4) is 0 Å². The molecule has 0 saturated carbocycles. The first-order valence-electron chi connectivity index (χ1n) is 3.74. The fraction of sp³-hybridized carbons (Fsp3) is 0.500. The molecule has 12 heavy (non-hydrogen) atoms. The molecule has 1 rings (SSSR count). The molecule has 0 radical (unpaired) electrons. The number of rotatable bonds is 1. The molecule has 3 nitrogen and oxygen atoms in total. The summed E-state index contributed by atoms with van der Waals surface area (Å²) in [6.45, 7) is 6.40. The van der Waals surface area contributed by atoms with Crippen molar-refractivity contribution in [1.82, 2.24) is 9.97 Å². The van der Waals surface area contributed by atoms with Crippen molar-refractivity contribution in [2.24, 2.45) is 0 Å². The zero-order chi connectivity index (χ0) is 9.19. The minimum absolute atomic E-state index is 0.171. The Morgan fingerprint density at radius 3 is 2.33 bits per heavy atom. The van der Waals surface area contributed by atoms with Crippen LogP contribution in [0.1, 0.15) is 20.8 Å². The van der Waals surface area contributed by atoms with Gasteiger partial charge in [0.15, 0.2) is 0 Å². The number of aromatic nitrogens is 2. The molecule has 0 saturated heterocycles. The molecule has 2 N–H and O–H groups in total. The lowest BCUT2D eigenvalue weighted by Crippen LogP contribution is -2.07. The van der Waals surface area contributed by atoms with Gasteiger partial charge in [-0.15, -0.1) is 0 Å². The number of anilines is 1. The molecule has 0 aliphatic rings. The van der Waals surface area contributed by atoms with Crippen molar-refractivity contribution in [3.05, 3.63) is 12.4 Å². The second kappa shape index (κ2) is 3.31. The molecular formula is C8H13N3S. The molecule has 0 aromatic carbocycles. The first kappa shape index (κ1) is 9.32. The topological polar surface area (TPSA) is 51.8 Å². The van der Waals surface area contributed by atoms with Crippen molar-refractivity contribution in [2.75, 3.05) is 5.73 Å². The van der Waals surface area contributed by atoms with Crippen molar-refractivity contribution >= 4 is 17.6 Å². The number of hydrogen-bond donors (Lipinski definition) is 1. The fourth-order valence-electron chi connectivity index (χ4n) is 0.693. The molecule has 1 heterocycles. The van der Waals surface area contributed by atoms with Crippen LogP contribution < -0.4 is 5.73 Å². The second-order valence-electron chi connectivity index (χ2n) is 3.49. The summed E-state index contributed by atoms with van der Waals surface area (Å²) in [5.74, 6) is 0.466. The zero-order valence-electron chi connectivity index (χ0n) is 7.53. The van der Waals surface area contributed by atoms with Crippen LogP contribution in [0.25, 0.3) is 0 Å². The van der Waals surface area contributed by atoms with Crippen molar-refractivity contribution in [3.8, 4) is 0 Å². The highest BCUT2D eigenvalue weighted by Gasteiger charge is 2.12. The first-order chi connectivity index (χ1) is 5.47. The molecule has 0 atom stereocenters. The summed E-state index contributed by atoms with van der Waals surface area (Å²) in [6.07, 6.45) is 3.28. The third-order valence-corrected chi connectivity index (χ3v) is 2.09. The number of nitrogen functional groups attached to an aromatic ring is 1. The third kappa shape index (κ3) is 3.09. The highest BCUT2D eigenvalue weighted by molar-refractivity contribution is 8.00. The normalized spacial score (nSPS) is 11.6. The van der Waals surface area contributed by atoms with Crippen LogP contribution in [0.5, 0.6) is 0 Å². The predicted octanol–water partition coefficient (Wildman–Crippen LogP) is 1.95. The quantitative estimate of drug-likeness (QED) is 0.676. The Morgan fingerprint density at radius 2 is 1.92 bits per heavy atom. The lowest BCUT2D eigenvalue weighted by Gasteiger charge is -2.15. The lowest BCUT2D eigenvalue weighted by atomic mass is 10.3. The zero-order valence-corrected chi connectivity index (χ0v) is 8.35. The number of nitrogens with zero attached hydrogens (tertiary/aromatic N) is 2. The molecule has 66 valence electrons. The van der Waals surface area contributed by atoms with E-state index < -0.39 is 0 Å². The van der Waals surface area contributed by atoms with E-state index in [-0.39, 0.29) is 4.75 Å². The van der Waals surface area contributed by atoms with E-state index in [9.17, 15) is 0 Å². The highest BCUT2D eigenvalue weighted by atomic mass is 32.2. The van der Waals surface area contributed by atoms with Crippen LogP contribution in [-0.4, -0.2) is 14.7 Å². The van der Waals surface area contributed by atoms with E-state index in [4.69, 9.17) is 5.73 Å². The molecule has 0 unspecified atom stereocenters. The predicted molar refractivity (Wildman–Crippen MR) is 52.1 cm³/mol. The highest BCUT2D eigenvalue weighted by Crippen LogP contribution is 2.29. The molecule has 4 heteroatoms. The van der Waals surface area contributed by atoms with E-state index in [1.165, 1.54) is 0 Å². The summed E-state index contributed by atoms with van der Waals surface area (Å²) < 4.78 is 0.171. The number of thioether (sulfide) groups is 1. The Kier molecular flexibility index (Phi) is 2.57. The van der Waals surface area contributed by atoms with Gasteiger partial charge in [-0.3, -0.25) is 0 Å². The van der Waals surface area contributed by atoms with E-state index in [1.807, 2.05) is 0 Å². The smallest absolute Gasteiger partial charge is 0.141 e. The van der Waals surface area contributed by atoms with Gasteiger partial charge in [0.1, 0.15) is 10.8 Å². The van der Waals surface area contributed by atoms with Gasteiger partial charge in [-0.05, 0) is 0 Å². The summed E-state index contributed by atoms with van der Waals surface area (Å²) >= 11 is 1.68. The summed E-state index contributed by atoms with van der Waals surface area (Å²) in [7, 11) is 0. The molecule has 0 aliphatic carbocycles. The maximum Gasteiger partial charge on any atom is 0.141 e. The van der Waals surface area contributed by atoms with Crippen molar-refractivity contribution in [2.45, 2.75) is 30.5 Å². The van der Waals surface area contributed by atoms with E-state index in [0.717, 1.165) is 5.03 Å². The summed E-state index contributed by atoms with van der Waals surface area (Å²) in [5.41, 5.74) is 5.41. The van der Waals surface area contributed by atoms with Gasteiger partial charge in [0, 0.05) is 4.75 Å². The average Bonchev–Trinajstić information content (AvgIpc) is 1.91. The van der Waals surface area contributed by atoms with Gasteiger partial charge < -0.3 is 5.73 Å². The summed E-state index contributed by atoms with van der Waals surface area (Å²) in [6, 6.07) is 0. The van der Waals surface area contributed by atoms with Crippen molar-refractivity contribution in [1.29, 1.82) is 0 Å². The summed E-state index contributed by atoms with van der Waals surface area (Å²) in [4.78, 5) is 8.10. The third-order valence-electron chi connectivity index (χ3n) is 1.06. The Labute approximate surface area is 76.8 Å². The molecule has 1 aromatic heterocycles. The maximum atomic E-state index is 5.41. The van der Waals surface area contributed by atoms with Gasteiger partial charge >= 0.3 is 0 Å². The average molecular weight is 183 g/mol. The minimum atomic E-state index is 0.171. The van der Waals surface area contributed by atoms with Crippen LogP contribution >= 0.6 is 11.8 Å². The fourth-order valence-corrected chi connectivity index (χ4v) is 1.53. The monoisotopic (exact) mass is 183 g/mol. The Morgan fingerprint density at radius 1 is 1.25 bits per heavy atom. The molecule has 0 fully saturated rings. The van der Waals surface area contributed by atoms with Crippen LogP contribution in [0.2, 0.25) is 0 Å². The second-order valence-corrected chi connectivity index (χ2v) is 5.34. The Hall–Kier alpha value is -0.770. The van der Waals surface area contributed by atoms with Gasteiger partial charge in [-0.25, -0.2) is 9.97 Å². The number of nitrogens with two attached hydrogens (primary N) is 1. The molecule has 1 aromatic rings. The molecule has 0 spiro atoms. The van der Waals surface area contributed by atoms with Crippen LogP contribution in [0, 0.1) is 0 Å². The Bertz CT molecular complexity index is 250. The van der Waals surface area contributed by atoms with Gasteiger partial charge in [0.2, 0.25) is 0 Å². The molecular weight excluding hydrogens is 170 g/mol. The van der Waals surface area contributed by atoms with Gasteiger partial charge in [0.25, 0.3) is 0 Å². The van der Waals surface area contributed by atoms with Crippen LogP contribution in [-0.2, 0) is 0 Å². The van der Waals surface area contributed by atoms with Crippen molar-refractivity contribution < 1.29 is 0 Å².